The van der Waals surface area contributed by atoms with Crippen LogP contribution in [0, 0.1) is 0 Å². The van der Waals surface area contributed by atoms with Gasteiger partial charge < -0.3 is 5.32 Å². The topological polar surface area (TPSA) is 24.9 Å². The van der Waals surface area contributed by atoms with Crippen LogP contribution >= 0.6 is 27.3 Å². The molecule has 0 amide bonds. The van der Waals surface area contributed by atoms with Crippen molar-refractivity contribution in [3.8, 4) is 0 Å². The lowest BCUT2D eigenvalue weighted by atomic mass is 10.2. The maximum atomic E-state index is 4.32. The van der Waals surface area contributed by atoms with E-state index in [0.717, 1.165) is 15.3 Å². The average molecular weight is 277 g/mol. The first-order valence-electron chi connectivity index (χ1n) is 5.08. The molecule has 1 N–H and O–H groups in total. The Hall–Kier alpha value is 0.0700. The Balaban J connectivity index is 2.25. The summed E-state index contributed by atoms with van der Waals surface area (Å²) in [6.45, 7) is 5.48. The zero-order valence-corrected chi connectivity index (χ0v) is 11.1. The van der Waals surface area contributed by atoms with Crippen LogP contribution in [0.5, 0.6) is 0 Å². The summed E-state index contributed by atoms with van der Waals surface area (Å²) in [4.78, 5) is 4.32. The molecule has 1 unspecified atom stereocenters. The van der Waals surface area contributed by atoms with Crippen molar-refractivity contribution < 1.29 is 0 Å². The molecule has 2 nitrogen and oxygen atoms in total. The molecule has 0 aliphatic rings. The molecule has 0 aromatic carbocycles. The molecule has 0 aliphatic heterocycles. The van der Waals surface area contributed by atoms with Gasteiger partial charge in [-0.3, -0.25) is 0 Å². The zero-order chi connectivity index (χ0) is 10.4. The molecule has 1 aromatic heterocycles. The molecule has 1 atom stereocenters. The van der Waals surface area contributed by atoms with Crippen LogP contribution in [-0.4, -0.2) is 11.5 Å². The van der Waals surface area contributed by atoms with Gasteiger partial charge in [0.15, 0.2) is 0 Å². The lowest BCUT2D eigenvalue weighted by Gasteiger charge is -2.10. The highest BCUT2D eigenvalue weighted by atomic mass is 79.9. The van der Waals surface area contributed by atoms with E-state index in [1.54, 1.807) is 11.3 Å². The van der Waals surface area contributed by atoms with Gasteiger partial charge in [0.1, 0.15) is 5.01 Å². The fraction of sp³-hybridized carbons (Fsp3) is 0.700. The number of rotatable bonds is 6. The van der Waals surface area contributed by atoms with Crippen molar-refractivity contribution in [2.75, 3.05) is 6.54 Å². The predicted octanol–water partition coefficient (Wildman–Crippen LogP) is 3.75. The SMILES string of the molecule is CCCCCNC(C)c1ncc(Br)s1. The van der Waals surface area contributed by atoms with Crippen molar-refractivity contribution in [2.45, 2.75) is 39.2 Å². The molecule has 14 heavy (non-hydrogen) atoms. The molecule has 0 spiro atoms. The van der Waals surface area contributed by atoms with E-state index in [4.69, 9.17) is 0 Å². The first-order valence-corrected chi connectivity index (χ1v) is 6.69. The monoisotopic (exact) mass is 276 g/mol. The molecule has 4 heteroatoms. The van der Waals surface area contributed by atoms with Crippen molar-refractivity contribution in [3.63, 3.8) is 0 Å². The molecule has 0 saturated heterocycles. The van der Waals surface area contributed by atoms with Gasteiger partial charge in [0, 0.05) is 0 Å². The van der Waals surface area contributed by atoms with Gasteiger partial charge in [-0.25, -0.2) is 4.98 Å². The fourth-order valence-corrected chi connectivity index (χ4v) is 2.52. The Morgan fingerprint density at radius 2 is 2.36 bits per heavy atom. The van der Waals surface area contributed by atoms with Crippen molar-refractivity contribution in [1.29, 1.82) is 0 Å². The van der Waals surface area contributed by atoms with Crippen LogP contribution < -0.4 is 5.32 Å². The lowest BCUT2D eigenvalue weighted by molar-refractivity contribution is 0.542. The van der Waals surface area contributed by atoms with Crippen LogP contribution in [-0.2, 0) is 0 Å². The van der Waals surface area contributed by atoms with E-state index < -0.39 is 0 Å². The molecule has 0 saturated carbocycles. The Bertz CT molecular complexity index is 262. The van der Waals surface area contributed by atoms with Gasteiger partial charge in [-0.15, -0.1) is 11.3 Å². The van der Waals surface area contributed by atoms with Gasteiger partial charge in [0.2, 0.25) is 0 Å². The van der Waals surface area contributed by atoms with E-state index in [-0.39, 0.29) is 0 Å². The Kier molecular flexibility index (Phi) is 5.67. The molecule has 0 radical (unpaired) electrons. The third kappa shape index (κ3) is 4.07. The highest BCUT2D eigenvalue weighted by Crippen LogP contribution is 2.23. The summed E-state index contributed by atoms with van der Waals surface area (Å²) in [5.74, 6) is 0. The van der Waals surface area contributed by atoms with Crippen LogP contribution in [0.1, 0.15) is 44.2 Å². The number of nitrogens with zero attached hydrogens (tertiary/aromatic N) is 1. The van der Waals surface area contributed by atoms with Gasteiger partial charge in [0.05, 0.1) is 16.0 Å². The van der Waals surface area contributed by atoms with Crippen LogP contribution in [0.25, 0.3) is 0 Å². The van der Waals surface area contributed by atoms with E-state index in [0.29, 0.717) is 6.04 Å². The molecular formula is C10H17BrN2S. The van der Waals surface area contributed by atoms with E-state index in [2.05, 4.69) is 40.1 Å². The molecule has 1 aromatic rings. The van der Waals surface area contributed by atoms with Gasteiger partial charge in [-0.05, 0) is 35.8 Å². The third-order valence-corrected chi connectivity index (χ3v) is 3.76. The van der Waals surface area contributed by atoms with Gasteiger partial charge in [-0.1, -0.05) is 19.8 Å². The zero-order valence-electron chi connectivity index (χ0n) is 8.72. The third-order valence-electron chi connectivity index (χ3n) is 2.10. The summed E-state index contributed by atoms with van der Waals surface area (Å²) >= 11 is 5.12. The summed E-state index contributed by atoms with van der Waals surface area (Å²) in [7, 11) is 0. The second kappa shape index (κ2) is 6.53. The smallest absolute Gasteiger partial charge is 0.110 e. The van der Waals surface area contributed by atoms with Crippen molar-refractivity contribution in [1.82, 2.24) is 10.3 Å². The number of nitrogens with one attached hydrogen (secondary N) is 1. The van der Waals surface area contributed by atoms with E-state index in [9.17, 15) is 0 Å². The first kappa shape index (κ1) is 12.1. The number of hydrogen-bond donors (Lipinski definition) is 1. The predicted molar refractivity (Wildman–Crippen MR) is 65.8 cm³/mol. The largest absolute Gasteiger partial charge is 0.308 e. The van der Waals surface area contributed by atoms with Gasteiger partial charge in [-0.2, -0.15) is 0 Å². The summed E-state index contributed by atoms with van der Waals surface area (Å²) < 4.78 is 1.11. The molecule has 1 heterocycles. The normalized spacial score (nSPS) is 13.1. The van der Waals surface area contributed by atoms with Gasteiger partial charge >= 0.3 is 0 Å². The van der Waals surface area contributed by atoms with Crippen molar-refractivity contribution >= 4 is 27.3 Å². The summed E-state index contributed by atoms with van der Waals surface area (Å²) in [5, 5.41) is 4.63. The van der Waals surface area contributed by atoms with E-state index in [1.165, 1.54) is 19.3 Å². The Morgan fingerprint density at radius 1 is 1.57 bits per heavy atom. The van der Waals surface area contributed by atoms with Crippen LogP contribution in [0.3, 0.4) is 0 Å². The molecule has 0 fully saturated rings. The van der Waals surface area contributed by atoms with Crippen LogP contribution in [0.4, 0.5) is 0 Å². The standard InChI is InChI=1S/C10H17BrN2S/c1-3-4-5-6-12-8(2)10-13-7-9(11)14-10/h7-8,12H,3-6H2,1-2H3. The Labute approximate surface area is 98.3 Å². The number of unbranched alkanes of at least 4 members (excludes halogenated alkanes) is 2. The highest BCUT2D eigenvalue weighted by molar-refractivity contribution is 9.11. The summed E-state index contributed by atoms with van der Waals surface area (Å²) in [6, 6.07) is 0.378. The van der Waals surface area contributed by atoms with E-state index in [1.807, 2.05) is 6.20 Å². The lowest BCUT2D eigenvalue weighted by Crippen LogP contribution is -2.19. The van der Waals surface area contributed by atoms with Gasteiger partial charge in [0.25, 0.3) is 0 Å². The second-order valence-electron chi connectivity index (χ2n) is 3.39. The molecular weight excluding hydrogens is 260 g/mol. The molecule has 0 aliphatic carbocycles. The van der Waals surface area contributed by atoms with Crippen molar-refractivity contribution in [3.05, 3.63) is 15.0 Å². The molecule has 1 rings (SSSR count). The maximum Gasteiger partial charge on any atom is 0.110 e. The first-order chi connectivity index (χ1) is 6.74. The number of halogens is 1. The van der Waals surface area contributed by atoms with Crippen molar-refractivity contribution in [2.24, 2.45) is 0 Å². The maximum absolute atomic E-state index is 4.32. The molecule has 0 bridgehead atoms. The minimum absolute atomic E-state index is 0.378. The number of hydrogen-bond acceptors (Lipinski definition) is 3. The number of thiazole rings is 1. The van der Waals surface area contributed by atoms with Crippen LogP contribution in [0.15, 0.2) is 9.98 Å². The fourth-order valence-electron chi connectivity index (χ4n) is 1.25. The number of aromatic nitrogens is 1. The minimum atomic E-state index is 0.378. The molecule has 80 valence electrons. The van der Waals surface area contributed by atoms with E-state index >= 15 is 0 Å². The average Bonchev–Trinajstić information content (AvgIpc) is 2.59. The quantitative estimate of drug-likeness (QED) is 0.801. The highest BCUT2D eigenvalue weighted by Gasteiger charge is 2.07. The van der Waals surface area contributed by atoms with Crippen LogP contribution in [0.2, 0.25) is 0 Å². The second-order valence-corrected chi connectivity index (χ2v) is 5.83. The summed E-state index contributed by atoms with van der Waals surface area (Å²) in [6.07, 6.45) is 5.71. The summed E-state index contributed by atoms with van der Waals surface area (Å²) in [5.41, 5.74) is 0. The Morgan fingerprint density at radius 3 is 2.93 bits per heavy atom. The minimum Gasteiger partial charge on any atom is -0.308 e.